The standard InChI is InChI=1S/C20H13NO3/c22-16-11-7-14(8-12-16)13-5-9-15(10-6-13)21-19(23)17-3-1-2-4-18(17)20(21)24/h1-12,22H. The zero-order valence-electron chi connectivity index (χ0n) is 12.6. The molecule has 24 heavy (non-hydrogen) atoms. The SMILES string of the molecule is O=C1c2ccccc2C(=O)N1c1ccc(-c2ccc(O)cc2)cc1. The summed E-state index contributed by atoms with van der Waals surface area (Å²) in [6, 6.07) is 20.9. The number of amides is 2. The number of hydrogen-bond acceptors (Lipinski definition) is 3. The van der Waals surface area contributed by atoms with E-state index in [0.717, 1.165) is 11.1 Å². The summed E-state index contributed by atoms with van der Waals surface area (Å²) in [6.45, 7) is 0. The van der Waals surface area contributed by atoms with Crippen LogP contribution in [0.4, 0.5) is 5.69 Å². The number of hydrogen-bond donors (Lipinski definition) is 1. The van der Waals surface area contributed by atoms with Crippen LogP contribution in [0.5, 0.6) is 5.75 Å². The van der Waals surface area contributed by atoms with E-state index in [0.29, 0.717) is 16.8 Å². The van der Waals surface area contributed by atoms with E-state index in [4.69, 9.17) is 0 Å². The quantitative estimate of drug-likeness (QED) is 0.731. The van der Waals surface area contributed by atoms with Gasteiger partial charge in [-0.3, -0.25) is 9.59 Å². The maximum Gasteiger partial charge on any atom is 0.266 e. The Labute approximate surface area is 138 Å². The van der Waals surface area contributed by atoms with Gasteiger partial charge in [0.05, 0.1) is 16.8 Å². The number of benzene rings is 3. The molecule has 3 aromatic rings. The molecule has 4 nitrogen and oxygen atoms in total. The molecule has 0 fully saturated rings. The van der Waals surface area contributed by atoms with Crippen LogP contribution in [0.15, 0.2) is 72.8 Å². The summed E-state index contributed by atoms with van der Waals surface area (Å²) in [5.41, 5.74) is 3.30. The van der Waals surface area contributed by atoms with E-state index in [2.05, 4.69) is 0 Å². The molecule has 2 amide bonds. The number of imide groups is 1. The van der Waals surface area contributed by atoms with Gasteiger partial charge >= 0.3 is 0 Å². The Morgan fingerprint density at radius 1 is 0.625 bits per heavy atom. The van der Waals surface area contributed by atoms with Crippen LogP contribution in [0.1, 0.15) is 20.7 Å². The lowest BCUT2D eigenvalue weighted by atomic mass is 10.1. The second kappa shape index (κ2) is 5.35. The van der Waals surface area contributed by atoms with Gasteiger partial charge in [0.15, 0.2) is 0 Å². The highest BCUT2D eigenvalue weighted by Crippen LogP contribution is 2.30. The van der Waals surface area contributed by atoms with Crippen LogP contribution in [0.2, 0.25) is 0 Å². The van der Waals surface area contributed by atoms with Gasteiger partial charge in [0.25, 0.3) is 11.8 Å². The maximum absolute atomic E-state index is 12.5. The number of anilines is 1. The highest BCUT2D eigenvalue weighted by molar-refractivity contribution is 6.34. The third kappa shape index (κ3) is 2.16. The molecule has 1 N–H and O–H groups in total. The predicted octanol–water partition coefficient (Wildman–Crippen LogP) is 3.86. The molecule has 4 heteroatoms. The zero-order chi connectivity index (χ0) is 16.7. The average Bonchev–Trinajstić information content (AvgIpc) is 2.87. The predicted molar refractivity (Wildman–Crippen MR) is 91.1 cm³/mol. The molecule has 0 spiro atoms. The van der Waals surface area contributed by atoms with Crippen molar-refractivity contribution >= 4 is 17.5 Å². The van der Waals surface area contributed by atoms with Gasteiger partial charge in [0, 0.05) is 0 Å². The molecule has 0 aliphatic carbocycles. The monoisotopic (exact) mass is 315 g/mol. The van der Waals surface area contributed by atoms with Crippen LogP contribution >= 0.6 is 0 Å². The Morgan fingerprint density at radius 2 is 1.08 bits per heavy atom. The van der Waals surface area contributed by atoms with Gasteiger partial charge in [-0.15, -0.1) is 0 Å². The van der Waals surface area contributed by atoms with E-state index in [1.165, 1.54) is 4.90 Å². The largest absolute Gasteiger partial charge is 0.508 e. The average molecular weight is 315 g/mol. The van der Waals surface area contributed by atoms with Gasteiger partial charge in [-0.25, -0.2) is 4.90 Å². The molecular formula is C20H13NO3. The van der Waals surface area contributed by atoms with Crippen molar-refractivity contribution in [2.45, 2.75) is 0 Å². The number of nitrogens with zero attached hydrogens (tertiary/aromatic N) is 1. The number of carbonyl (C=O) groups excluding carboxylic acids is 2. The molecular weight excluding hydrogens is 302 g/mol. The third-order valence-corrected chi connectivity index (χ3v) is 4.12. The third-order valence-electron chi connectivity index (χ3n) is 4.12. The van der Waals surface area contributed by atoms with Crippen molar-refractivity contribution in [1.82, 2.24) is 0 Å². The van der Waals surface area contributed by atoms with E-state index in [9.17, 15) is 14.7 Å². The first-order valence-corrected chi connectivity index (χ1v) is 7.52. The molecule has 1 aliphatic rings. The highest BCUT2D eigenvalue weighted by atomic mass is 16.3. The minimum absolute atomic E-state index is 0.210. The summed E-state index contributed by atoms with van der Waals surface area (Å²) in [5.74, 6) is -0.387. The van der Waals surface area contributed by atoms with Gasteiger partial charge in [-0.05, 0) is 47.5 Å². The Bertz CT molecular complexity index is 908. The summed E-state index contributed by atoms with van der Waals surface area (Å²) in [7, 11) is 0. The van der Waals surface area contributed by atoms with Crippen molar-refractivity contribution in [3.63, 3.8) is 0 Å². The first kappa shape index (κ1) is 14.2. The Morgan fingerprint density at radius 3 is 1.58 bits per heavy atom. The van der Waals surface area contributed by atoms with Crippen LogP contribution in [0.3, 0.4) is 0 Å². The van der Waals surface area contributed by atoms with Crippen LogP contribution in [0.25, 0.3) is 11.1 Å². The van der Waals surface area contributed by atoms with Crippen molar-refractivity contribution in [2.24, 2.45) is 0 Å². The Hall–Kier alpha value is -3.40. The number of aromatic hydroxyl groups is 1. The van der Waals surface area contributed by atoms with Crippen molar-refractivity contribution in [2.75, 3.05) is 4.90 Å². The molecule has 0 radical (unpaired) electrons. The van der Waals surface area contributed by atoms with Gasteiger partial charge < -0.3 is 5.11 Å². The smallest absolute Gasteiger partial charge is 0.266 e. The minimum atomic E-state index is -0.298. The Kier molecular flexibility index (Phi) is 3.17. The first-order valence-electron chi connectivity index (χ1n) is 7.52. The molecule has 0 atom stereocenters. The van der Waals surface area contributed by atoms with E-state index < -0.39 is 0 Å². The molecule has 4 rings (SSSR count). The fourth-order valence-electron chi connectivity index (χ4n) is 2.88. The van der Waals surface area contributed by atoms with Gasteiger partial charge in [0.1, 0.15) is 5.75 Å². The number of carbonyl (C=O) groups is 2. The second-order valence-electron chi connectivity index (χ2n) is 5.59. The van der Waals surface area contributed by atoms with Crippen LogP contribution < -0.4 is 4.90 Å². The Balaban J connectivity index is 1.68. The lowest BCUT2D eigenvalue weighted by molar-refractivity contribution is 0.0926. The van der Waals surface area contributed by atoms with Crippen LogP contribution in [-0.2, 0) is 0 Å². The van der Waals surface area contributed by atoms with Crippen LogP contribution in [0, 0.1) is 0 Å². The van der Waals surface area contributed by atoms with Crippen molar-refractivity contribution < 1.29 is 14.7 Å². The molecule has 0 aromatic heterocycles. The molecule has 0 unspecified atom stereocenters. The summed E-state index contributed by atoms with van der Waals surface area (Å²) in [6.07, 6.45) is 0. The minimum Gasteiger partial charge on any atom is -0.508 e. The van der Waals surface area contributed by atoms with Gasteiger partial charge in [-0.1, -0.05) is 36.4 Å². The first-order chi connectivity index (χ1) is 11.6. The number of fused-ring (bicyclic) bond motifs is 1. The lowest BCUT2D eigenvalue weighted by Crippen LogP contribution is -2.29. The zero-order valence-corrected chi connectivity index (χ0v) is 12.6. The highest BCUT2D eigenvalue weighted by Gasteiger charge is 2.36. The number of phenols is 1. The molecule has 1 heterocycles. The summed E-state index contributed by atoms with van der Waals surface area (Å²) < 4.78 is 0. The van der Waals surface area contributed by atoms with Gasteiger partial charge in [-0.2, -0.15) is 0 Å². The van der Waals surface area contributed by atoms with Crippen molar-refractivity contribution in [3.05, 3.63) is 83.9 Å². The molecule has 116 valence electrons. The van der Waals surface area contributed by atoms with E-state index >= 15 is 0 Å². The van der Waals surface area contributed by atoms with Crippen molar-refractivity contribution in [3.8, 4) is 16.9 Å². The van der Waals surface area contributed by atoms with Gasteiger partial charge in [0.2, 0.25) is 0 Å². The second-order valence-corrected chi connectivity index (χ2v) is 5.59. The summed E-state index contributed by atoms with van der Waals surface area (Å²) in [5, 5.41) is 9.35. The molecule has 3 aromatic carbocycles. The fourth-order valence-corrected chi connectivity index (χ4v) is 2.88. The van der Waals surface area contributed by atoms with Crippen LogP contribution in [-0.4, -0.2) is 16.9 Å². The number of rotatable bonds is 2. The number of phenolic OH excluding ortho intramolecular Hbond substituents is 1. The molecule has 0 bridgehead atoms. The van der Waals surface area contributed by atoms with E-state index in [1.807, 2.05) is 24.3 Å². The summed E-state index contributed by atoms with van der Waals surface area (Å²) >= 11 is 0. The van der Waals surface area contributed by atoms with Crippen molar-refractivity contribution in [1.29, 1.82) is 0 Å². The fraction of sp³-hybridized carbons (Fsp3) is 0. The van der Waals surface area contributed by atoms with E-state index in [-0.39, 0.29) is 17.6 Å². The normalized spacial score (nSPS) is 13.2. The topological polar surface area (TPSA) is 57.6 Å². The van der Waals surface area contributed by atoms with E-state index in [1.54, 1.807) is 48.5 Å². The molecule has 1 aliphatic heterocycles. The molecule has 0 saturated heterocycles. The maximum atomic E-state index is 12.5. The summed E-state index contributed by atoms with van der Waals surface area (Å²) in [4.78, 5) is 26.2. The lowest BCUT2D eigenvalue weighted by Gasteiger charge is -2.14. The molecule has 0 saturated carbocycles.